The van der Waals surface area contributed by atoms with Gasteiger partial charge in [0.05, 0.1) is 6.61 Å². The molecule has 0 aliphatic heterocycles. The SMILES string of the molecule is CC.CCCC(=O)OCCCCCCSSCCc1ccc(C(C)(C)C)cc1. The Bertz CT molecular complexity index is 492. The van der Waals surface area contributed by atoms with Crippen LogP contribution in [0.4, 0.5) is 0 Å². The van der Waals surface area contributed by atoms with Crippen molar-refractivity contribution in [3.05, 3.63) is 35.4 Å². The number of aryl methyl sites for hydroxylation is 1. The number of hydrogen-bond donors (Lipinski definition) is 0. The van der Waals surface area contributed by atoms with Gasteiger partial charge in [0.25, 0.3) is 0 Å². The second kappa shape index (κ2) is 17.3. The number of carbonyl (C=O) groups excluding carboxylic acids is 1. The predicted octanol–water partition coefficient (Wildman–Crippen LogP) is 7.84. The van der Waals surface area contributed by atoms with Crippen molar-refractivity contribution in [2.45, 2.75) is 91.9 Å². The predicted molar refractivity (Wildman–Crippen MR) is 129 cm³/mol. The molecule has 0 spiro atoms. The van der Waals surface area contributed by atoms with Crippen molar-refractivity contribution >= 4 is 27.6 Å². The molecule has 1 aromatic rings. The van der Waals surface area contributed by atoms with Crippen molar-refractivity contribution in [2.24, 2.45) is 0 Å². The Morgan fingerprint density at radius 2 is 1.54 bits per heavy atom. The average molecular weight is 427 g/mol. The fraction of sp³-hybridized carbons (Fsp3) is 0.708. The fourth-order valence-electron chi connectivity index (χ4n) is 2.53. The molecule has 162 valence electrons. The van der Waals surface area contributed by atoms with Gasteiger partial charge in [0, 0.05) is 17.9 Å². The molecule has 4 heteroatoms. The lowest BCUT2D eigenvalue weighted by Gasteiger charge is -2.19. The highest BCUT2D eigenvalue weighted by Crippen LogP contribution is 2.25. The molecule has 0 bridgehead atoms. The minimum atomic E-state index is -0.0486. The molecule has 1 rings (SSSR count). The summed E-state index contributed by atoms with van der Waals surface area (Å²) in [7, 11) is 3.97. The molecule has 0 radical (unpaired) electrons. The van der Waals surface area contributed by atoms with Crippen molar-refractivity contribution in [3.63, 3.8) is 0 Å². The van der Waals surface area contributed by atoms with Gasteiger partial charge in [0.2, 0.25) is 0 Å². The van der Waals surface area contributed by atoms with E-state index in [0.717, 1.165) is 25.7 Å². The molecular weight excluding hydrogens is 384 g/mol. The molecule has 0 N–H and O–H groups in total. The Morgan fingerprint density at radius 1 is 0.929 bits per heavy atom. The van der Waals surface area contributed by atoms with E-state index in [-0.39, 0.29) is 11.4 Å². The summed E-state index contributed by atoms with van der Waals surface area (Å²) in [5.41, 5.74) is 3.08. The fourth-order valence-corrected chi connectivity index (χ4v) is 4.72. The third-order valence-corrected chi connectivity index (χ3v) is 6.71. The molecule has 0 fully saturated rings. The van der Waals surface area contributed by atoms with Crippen LogP contribution in [-0.4, -0.2) is 24.1 Å². The number of unbranched alkanes of at least 4 members (excludes halogenated alkanes) is 3. The molecular formula is C24H42O2S2. The summed E-state index contributed by atoms with van der Waals surface area (Å²) in [4.78, 5) is 11.2. The first-order valence-corrected chi connectivity index (χ1v) is 13.4. The third kappa shape index (κ3) is 14.4. The molecule has 0 aliphatic carbocycles. The van der Waals surface area contributed by atoms with E-state index in [2.05, 4.69) is 45.0 Å². The lowest BCUT2D eigenvalue weighted by atomic mass is 9.86. The van der Waals surface area contributed by atoms with Crippen molar-refractivity contribution in [1.82, 2.24) is 0 Å². The monoisotopic (exact) mass is 426 g/mol. The maximum Gasteiger partial charge on any atom is 0.305 e. The highest BCUT2D eigenvalue weighted by Gasteiger charge is 2.12. The van der Waals surface area contributed by atoms with E-state index in [1.807, 2.05) is 42.4 Å². The molecule has 0 atom stereocenters. The zero-order valence-corrected chi connectivity index (χ0v) is 20.6. The summed E-state index contributed by atoms with van der Waals surface area (Å²) in [6, 6.07) is 9.09. The third-order valence-electron chi connectivity index (χ3n) is 4.22. The second-order valence-corrected chi connectivity index (χ2v) is 10.4. The largest absolute Gasteiger partial charge is 0.466 e. The Morgan fingerprint density at radius 3 is 2.14 bits per heavy atom. The summed E-state index contributed by atoms with van der Waals surface area (Å²) < 4.78 is 5.16. The number of ether oxygens (including phenoxy) is 1. The summed E-state index contributed by atoms with van der Waals surface area (Å²) in [6.07, 6.45) is 7.20. The molecule has 0 aromatic heterocycles. The average Bonchev–Trinajstić information content (AvgIpc) is 2.67. The Balaban J connectivity index is 0.00000352. The topological polar surface area (TPSA) is 26.3 Å². The Kier molecular flexibility index (Phi) is 16.9. The van der Waals surface area contributed by atoms with Gasteiger partial charge in [-0.2, -0.15) is 0 Å². The molecule has 0 unspecified atom stereocenters. The highest BCUT2D eigenvalue weighted by molar-refractivity contribution is 8.76. The standard InChI is InChI=1S/C22H36O2S2.C2H6/c1-5-10-21(23)24-16-8-6-7-9-17-25-26-18-15-19-11-13-20(14-12-19)22(2,3)4;1-2/h11-14H,5-10,15-18H2,1-4H3;1-2H3. The second-order valence-electron chi connectivity index (χ2n) is 7.73. The molecule has 0 amide bonds. The van der Waals surface area contributed by atoms with E-state index in [0.29, 0.717) is 13.0 Å². The quantitative estimate of drug-likeness (QED) is 0.182. The van der Waals surface area contributed by atoms with Crippen LogP contribution in [0.2, 0.25) is 0 Å². The minimum Gasteiger partial charge on any atom is -0.466 e. The van der Waals surface area contributed by atoms with Gasteiger partial charge in [0.1, 0.15) is 0 Å². The van der Waals surface area contributed by atoms with Crippen LogP contribution >= 0.6 is 21.6 Å². The molecule has 0 aliphatic rings. The lowest BCUT2D eigenvalue weighted by Crippen LogP contribution is -2.10. The van der Waals surface area contributed by atoms with E-state index in [1.165, 1.54) is 35.5 Å². The minimum absolute atomic E-state index is 0.0486. The van der Waals surface area contributed by atoms with Crippen LogP contribution in [0.5, 0.6) is 0 Å². The Hall–Kier alpha value is -0.610. The highest BCUT2D eigenvalue weighted by atomic mass is 33.1. The van der Waals surface area contributed by atoms with Gasteiger partial charge < -0.3 is 4.74 Å². The van der Waals surface area contributed by atoms with E-state index in [9.17, 15) is 4.79 Å². The summed E-state index contributed by atoms with van der Waals surface area (Å²) in [5.74, 6) is 2.34. The van der Waals surface area contributed by atoms with Gasteiger partial charge in [-0.15, -0.1) is 0 Å². The molecule has 0 heterocycles. The summed E-state index contributed by atoms with van der Waals surface area (Å²) in [5, 5.41) is 0. The maximum absolute atomic E-state index is 11.2. The molecule has 0 saturated heterocycles. The van der Waals surface area contributed by atoms with Gasteiger partial charge >= 0.3 is 5.97 Å². The van der Waals surface area contributed by atoms with Crippen LogP contribution < -0.4 is 0 Å². The Labute approximate surface area is 182 Å². The van der Waals surface area contributed by atoms with Crippen molar-refractivity contribution in [2.75, 3.05) is 18.1 Å². The van der Waals surface area contributed by atoms with Crippen LogP contribution in [0.15, 0.2) is 24.3 Å². The number of rotatable bonds is 13. The van der Waals surface area contributed by atoms with Crippen LogP contribution in [0.1, 0.15) is 91.2 Å². The van der Waals surface area contributed by atoms with Gasteiger partial charge in [-0.05, 0) is 42.2 Å². The molecule has 0 saturated carbocycles. The molecule has 2 nitrogen and oxygen atoms in total. The van der Waals surface area contributed by atoms with Crippen LogP contribution in [-0.2, 0) is 21.4 Å². The first-order chi connectivity index (χ1) is 13.4. The smallest absolute Gasteiger partial charge is 0.305 e. The number of hydrogen-bond acceptors (Lipinski definition) is 4. The number of benzene rings is 1. The molecule has 28 heavy (non-hydrogen) atoms. The van der Waals surface area contributed by atoms with E-state index >= 15 is 0 Å². The lowest BCUT2D eigenvalue weighted by molar-refractivity contribution is -0.143. The maximum atomic E-state index is 11.2. The zero-order valence-electron chi connectivity index (χ0n) is 19.0. The van der Waals surface area contributed by atoms with Crippen LogP contribution in [0.25, 0.3) is 0 Å². The van der Waals surface area contributed by atoms with E-state index < -0.39 is 0 Å². The number of carbonyl (C=O) groups is 1. The van der Waals surface area contributed by atoms with Gasteiger partial charge in [-0.25, -0.2) is 0 Å². The normalized spacial score (nSPS) is 10.9. The van der Waals surface area contributed by atoms with Gasteiger partial charge in [0.15, 0.2) is 0 Å². The van der Waals surface area contributed by atoms with E-state index in [1.54, 1.807) is 0 Å². The van der Waals surface area contributed by atoms with E-state index in [4.69, 9.17) is 4.74 Å². The van der Waals surface area contributed by atoms with Crippen LogP contribution in [0, 0.1) is 0 Å². The van der Waals surface area contributed by atoms with Crippen molar-refractivity contribution in [1.29, 1.82) is 0 Å². The molecule has 1 aromatic carbocycles. The van der Waals surface area contributed by atoms with Gasteiger partial charge in [-0.3, -0.25) is 4.79 Å². The van der Waals surface area contributed by atoms with Gasteiger partial charge in [-0.1, -0.05) is 100 Å². The number of esters is 1. The first-order valence-electron chi connectivity index (χ1n) is 10.9. The zero-order chi connectivity index (χ0) is 21.3. The first kappa shape index (κ1) is 27.4. The summed E-state index contributed by atoms with van der Waals surface area (Å²) >= 11 is 0. The van der Waals surface area contributed by atoms with Crippen molar-refractivity contribution < 1.29 is 9.53 Å². The van der Waals surface area contributed by atoms with Crippen molar-refractivity contribution in [3.8, 4) is 0 Å². The van der Waals surface area contributed by atoms with Crippen LogP contribution in [0.3, 0.4) is 0 Å². The summed E-state index contributed by atoms with van der Waals surface area (Å²) in [6.45, 7) is 13.4.